The van der Waals surface area contributed by atoms with Crippen LogP contribution >= 0.6 is 33.9 Å². The van der Waals surface area contributed by atoms with Crippen molar-refractivity contribution in [2.75, 3.05) is 6.54 Å². The van der Waals surface area contributed by atoms with Crippen molar-refractivity contribution < 1.29 is 0 Å². The zero-order valence-corrected chi connectivity index (χ0v) is 12.7. The molecule has 0 amide bonds. The summed E-state index contributed by atoms with van der Waals surface area (Å²) in [5.41, 5.74) is 3.25. The van der Waals surface area contributed by atoms with Gasteiger partial charge in [0.2, 0.25) is 0 Å². The Morgan fingerprint density at radius 2 is 2.35 bits per heavy atom. The predicted octanol–water partition coefficient (Wildman–Crippen LogP) is 3.64. The lowest BCUT2D eigenvalue weighted by Crippen LogP contribution is -2.22. The highest BCUT2D eigenvalue weighted by Crippen LogP contribution is 2.21. The van der Waals surface area contributed by atoms with Gasteiger partial charge in [-0.3, -0.25) is 4.98 Å². The van der Waals surface area contributed by atoms with Crippen LogP contribution in [-0.2, 0) is 6.42 Å². The number of nitrogens with one attached hydrogen (secondary N) is 1. The summed E-state index contributed by atoms with van der Waals surface area (Å²) in [6.45, 7) is 3.13. The van der Waals surface area contributed by atoms with Gasteiger partial charge < -0.3 is 5.32 Å². The van der Waals surface area contributed by atoms with Crippen molar-refractivity contribution in [2.24, 2.45) is 0 Å². The Labute approximate surface area is 120 Å². The summed E-state index contributed by atoms with van der Waals surface area (Å²) in [4.78, 5) is 5.46. The molecule has 2 rings (SSSR count). The number of thiazole rings is 1. The fraction of sp³-hybridized carbons (Fsp3) is 0.308. The van der Waals surface area contributed by atoms with Crippen molar-refractivity contribution in [3.63, 3.8) is 0 Å². The second kappa shape index (κ2) is 6.47. The average molecular weight is 358 g/mol. The van der Waals surface area contributed by atoms with Gasteiger partial charge >= 0.3 is 0 Å². The molecule has 0 aliphatic carbocycles. The van der Waals surface area contributed by atoms with Crippen molar-refractivity contribution in [1.29, 1.82) is 0 Å². The van der Waals surface area contributed by atoms with Crippen LogP contribution in [0.25, 0.3) is 0 Å². The highest BCUT2D eigenvalue weighted by atomic mass is 127. The van der Waals surface area contributed by atoms with Crippen molar-refractivity contribution in [3.05, 3.63) is 50.0 Å². The minimum atomic E-state index is 0.384. The first-order valence-corrected chi connectivity index (χ1v) is 7.61. The molecule has 1 aromatic heterocycles. The van der Waals surface area contributed by atoms with Crippen LogP contribution in [0.5, 0.6) is 0 Å². The van der Waals surface area contributed by atoms with Crippen LogP contribution in [0.2, 0.25) is 0 Å². The largest absolute Gasteiger partial charge is 0.310 e. The van der Waals surface area contributed by atoms with Gasteiger partial charge in [-0.25, -0.2) is 0 Å². The van der Waals surface area contributed by atoms with Gasteiger partial charge in [0.15, 0.2) is 0 Å². The molecule has 1 unspecified atom stereocenters. The molecule has 1 heterocycles. The first kappa shape index (κ1) is 13.0. The second-order valence-corrected chi connectivity index (χ2v) is 6.05. The minimum Gasteiger partial charge on any atom is -0.310 e. The predicted molar refractivity (Wildman–Crippen MR) is 81.4 cm³/mol. The van der Waals surface area contributed by atoms with E-state index in [0.717, 1.165) is 13.0 Å². The monoisotopic (exact) mass is 358 g/mol. The molecule has 0 fully saturated rings. The van der Waals surface area contributed by atoms with Crippen molar-refractivity contribution in [2.45, 2.75) is 19.4 Å². The van der Waals surface area contributed by atoms with E-state index in [1.165, 1.54) is 14.0 Å². The topological polar surface area (TPSA) is 24.9 Å². The summed E-state index contributed by atoms with van der Waals surface area (Å²) in [5.74, 6) is 0. The molecule has 0 saturated heterocycles. The van der Waals surface area contributed by atoms with E-state index >= 15 is 0 Å². The maximum Gasteiger partial charge on any atom is 0.0794 e. The molecule has 2 aromatic rings. The number of hydrogen-bond acceptors (Lipinski definition) is 3. The summed E-state index contributed by atoms with van der Waals surface area (Å²) >= 11 is 4.08. The Balaban J connectivity index is 2.16. The lowest BCUT2D eigenvalue weighted by atomic mass is 10.0. The Kier molecular flexibility index (Phi) is 4.94. The van der Waals surface area contributed by atoms with Crippen molar-refractivity contribution >= 4 is 33.9 Å². The van der Waals surface area contributed by atoms with Gasteiger partial charge in [-0.15, -0.1) is 11.3 Å². The first-order valence-electron chi connectivity index (χ1n) is 5.66. The molecule has 90 valence electrons. The maximum absolute atomic E-state index is 4.14. The van der Waals surface area contributed by atoms with Crippen LogP contribution in [0, 0.1) is 3.57 Å². The van der Waals surface area contributed by atoms with E-state index < -0.39 is 0 Å². The summed E-state index contributed by atoms with van der Waals surface area (Å²) in [6.07, 6.45) is 2.97. The Hall–Kier alpha value is -0.460. The quantitative estimate of drug-likeness (QED) is 0.826. The van der Waals surface area contributed by atoms with Crippen LogP contribution in [0.1, 0.15) is 23.4 Å². The molecule has 1 aromatic carbocycles. The number of hydrogen-bond donors (Lipinski definition) is 1. The molecule has 0 bridgehead atoms. The van der Waals surface area contributed by atoms with Gasteiger partial charge in [0.05, 0.1) is 5.51 Å². The second-order valence-electron chi connectivity index (χ2n) is 3.84. The number of halogens is 1. The standard InChI is InChI=1S/C13H15IN2S/c1-2-16-13(7-12-8-15-9-17-12)10-4-3-5-11(14)6-10/h3-6,8-9,13,16H,2,7H2,1H3. The lowest BCUT2D eigenvalue weighted by Gasteiger charge is -2.17. The van der Waals surface area contributed by atoms with E-state index in [9.17, 15) is 0 Å². The van der Waals surface area contributed by atoms with Gasteiger partial charge in [0.25, 0.3) is 0 Å². The van der Waals surface area contributed by atoms with Crippen molar-refractivity contribution in [1.82, 2.24) is 10.3 Å². The molecule has 0 radical (unpaired) electrons. The fourth-order valence-electron chi connectivity index (χ4n) is 1.82. The van der Waals surface area contributed by atoms with Crippen LogP contribution in [0.4, 0.5) is 0 Å². The Bertz CT molecular complexity index is 456. The smallest absolute Gasteiger partial charge is 0.0794 e. The SMILES string of the molecule is CCNC(Cc1cncs1)c1cccc(I)c1. The average Bonchev–Trinajstić information content (AvgIpc) is 2.81. The fourth-order valence-corrected chi connectivity index (χ4v) is 3.03. The number of aromatic nitrogens is 1. The lowest BCUT2D eigenvalue weighted by molar-refractivity contribution is 0.553. The van der Waals surface area contributed by atoms with Crippen molar-refractivity contribution in [3.8, 4) is 0 Å². The maximum atomic E-state index is 4.14. The van der Waals surface area contributed by atoms with E-state index in [4.69, 9.17) is 0 Å². The molecule has 4 heteroatoms. The number of nitrogens with zero attached hydrogens (tertiary/aromatic N) is 1. The number of likely N-dealkylation sites (N-methyl/N-ethyl adjacent to an activating group) is 1. The van der Waals surface area contributed by atoms with E-state index in [2.05, 4.69) is 64.1 Å². The third-order valence-electron chi connectivity index (χ3n) is 2.59. The molecule has 17 heavy (non-hydrogen) atoms. The normalized spacial score (nSPS) is 12.6. The zero-order valence-electron chi connectivity index (χ0n) is 9.69. The Morgan fingerprint density at radius 1 is 1.47 bits per heavy atom. The number of benzene rings is 1. The van der Waals surface area contributed by atoms with E-state index in [0.29, 0.717) is 6.04 Å². The zero-order chi connectivity index (χ0) is 12.1. The first-order chi connectivity index (χ1) is 8.29. The molecule has 1 atom stereocenters. The summed E-state index contributed by atoms with van der Waals surface area (Å²) in [5, 5.41) is 3.54. The van der Waals surface area contributed by atoms with E-state index in [1.54, 1.807) is 11.3 Å². The van der Waals surface area contributed by atoms with E-state index in [1.807, 2.05) is 11.7 Å². The van der Waals surface area contributed by atoms with Gasteiger partial charge in [-0.2, -0.15) is 0 Å². The molecular weight excluding hydrogens is 343 g/mol. The summed E-state index contributed by atoms with van der Waals surface area (Å²) in [7, 11) is 0. The molecule has 0 saturated carbocycles. The minimum absolute atomic E-state index is 0.384. The highest BCUT2D eigenvalue weighted by Gasteiger charge is 2.12. The molecule has 2 nitrogen and oxygen atoms in total. The van der Waals surface area contributed by atoms with E-state index in [-0.39, 0.29) is 0 Å². The molecule has 1 N–H and O–H groups in total. The van der Waals surface area contributed by atoms with Crippen LogP contribution in [-0.4, -0.2) is 11.5 Å². The molecule has 0 aliphatic rings. The van der Waals surface area contributed by atoms with Crippen LogP contribution in [0.3, 0.4) is 0 Å². The molecular formula is C13H15IN2S. The Morgan fingerprint density at radius 3 is 3.00 bits per heavy atom. The third-order valence-corrected chi connectivity index (χ3v) is 4.06. The van der Waals surface area contributed by atoms with Crippen LogP contribution in [0.15, 0.2) is 36.0 Å². The van der Waals surface area contributed by atoms with Gasteiger partial charge in [0, 0.05) is 27.1 Å². The summed E-state index contributed by atoms with van der Waals surface area (Å²) in [6, 6.07) is 9.06. The van der Waals surface area contributed by atoms with Gasteiger partial charge in [-0.05, 0) is 46.8 Å². The molecule has 0 aliphatic heterocycles. The van der Waals surface area contributed by atoms with Crippen LogP contribution < -0.4 is 5.32 Å². The van der Waals surface area contributed by atoms with Gasteiger partial charge in [0.1, 0.15) is 0 Å². The third kappa shape index (κ3) is 3.76. The number of rotatable bonds is 5. The summed E-state index contributed by atoms with van der Waals surface area (Å²) < 4.78 is 1.28. The van der Waals surface area contributed by atoms with Gasteiger partial charge in [-0.1, -0.05) is 19.1 Å². The molecule has 0 spiro atoms. The highest BCUT2D eigenvalue weighted by molar-refractivity contribution is 14.1.